The summed E-state index contributed by atoms with van der Waals surface area (Å²) < 4.78 is 11.1. The molecule has 1 aliphatic rings. The first-order chi connectivity index (χ1) is 31.5. The van der Waals surface area contributed by atoms with Crippen molar-refractivity contribution in [2.75, 3.05) is 0 Å². The Kier molecular flexibility index (Phi) is 7.11. The molecule has 0 bridgehead atoms. The second-order valence-electron chi connectivity index (χ2n) is 17.7. The Morgan fingerprint density at radius 2 is 1.09 bits per heavy atom. The van der Waals surface area contributed by atoms with Gasteiger partial charge in [0, 0.05) is 59.9 Å². The van der Waals surface area contributed by atoms with Crippen LogP contribution in [0.25, 0.3) is 122 Å². The number of furan rings is 1. The number of hydrogen-bond donors (Lipinski definition) is 0. The van der Waals surface area contributed by atoms with Crippen molar-refractivity contribution in [1.82, 2.24) is 19.1 Å². The van der Waals surface area contributed by atoms with E-state index in [1.807, 2.05) is 12.1 Å². The van der Waals surface area contributed by atoms with Gasteiger partial charge in [-0.1, -0.05) is 153 Å². The second-order valence-corrected chi connectivity index (χ2v) is 17.7. The van der Waals surface area contributed by atoms with Crippen LogP contribution < -0.4 is 0 Å². The monoisotopic (exact) mass is 818 g/mol. The molecular weight excluding hydrogens is 781 g/mol. The molecule has 1 aliphatic carbocycles. The van der Waals surface area contributed by atoms with Gasteiger partial charge in [-0.25, -0.2) is 9.97 Å². The minimum atomic E-state index is -0.299. The van der Waals surface area contributed by atoms with E-state index >= 15 is 0 Å². The van der Waals surface area contributed by atoms with E-state index in [0.29, 0.717) is 5.95 Å². The van der Waals surface area contributed by atoms with Gasteiger partial charge in [0.1, 0.15) is 11.2 Å². The molecule has 0 unspecified atom stereocenters. The number of aromatic nitrogens is 4. The summed E-state index contributed by atoms with van der Waals surface area (Å²) in [5.41, 5.74) is 17.4. The SMILES string of the molecule is CC1(C)c2ccccc2-c2c1c1c3ccccc3n(-c3ccccc3)c1c1c3ccccc3n(-c3nc(-c4cccc(-c5ccc6oc7ccccc7c6c5)c4)c4ccccc4n3)c21. The zero-order valence-corrected chi connectivity index (χ0v) is 35.2. The molecule has 0 spiro atoms. The van der Waals surface area contributed by atoms with Gasteiger partial charge in [-0.15, -0.1) is 0 Å². The predicted molar refractivity (Wildman–Crippen MR) is 264 cm³/mol. The minimum Gasteiger partial charge on any atom is -0.456 e. The molecule has 4 aromatic heterocycles. The van der Waals surface area contributed by atoms with Crippen molar-refractivity contribution in [3.63, 3.8) is 0 Å². The molecule has 300 valence electrons. The molecule has 5 heteroatoms. The van der Waals surface area contributed by atoms with Gasteiger partial charge in [-0.05, 0) is 82.4 Å². The van der Waals surface area contributed by atoms with Crippen molar-refractivity contribution in [1.29, 1.82) is 0 Å². The highest BCUT2D eigenvalue weighted by molar-refractivity contribution is 6.31. The summed E-state index contributed by atoms with van der Waals surface area (Å²) in [6.45, 7) is 4.80. The molecule has 0 N–H and O–H groups in total. The van der Waals surface area contributed by atoms with E-state index in [0.717, 1.165) is 77.3 Å². The summed E-state index contributed by atoms with van der Waals surface area (Å²) in [6, 6.07) is 69.6. The first-order valence-electron chi connectivity index (χ1n) is 22.0. The maximum absolute atomic E-state index is 6.20. The van der Waals surface area contributed by atoms with Crippen molar-refractivity contribution < 1.29 is 4.42 Å². The topological polar surface area (TPSA) is 48.8 Å². The van der Waals surface area contributed by atoms with Crippen LogP contribution in [0, 0.1) is 0 Å². The molecule has 14 rings (SSSR count). The fraction of sp³-hybridized carbons (Fsp3) is 0.0508. The van der Waals surface area contributed by atoms with Crippen LogP contribution in [-0.2, 0) is 5.41 Å². The number of hydrogen-bond acceptors (Lipinski definition) is 3. The van der Waals surface area contributed by atoms with Crippen molar-refractivity contribution in [2.45, 2.75) is 19.3 Å². The Morgan fingerprint density at radius 1 is 0.453 bits per heavy atom. The molecule has 13 aromatic rings. The van der Waals surface area contributed by atoms with Crippen molar-refractivity contribution in [3.05, 3.63) is 205 Å². The summed E-state index contributed by atoms with van der Waals surface area (Å²) in [6.07, 6.45) is 0. The Labute approximate surface area is 368 Å². The van der Waals surface area contributed by atoms with Crippen LogP contribution in [0.1, 0.15) is 25.0 Å². The molecule has 5 nitrogen and oxygen atoms in total. The molecule has 0 atom stereocenters. The molecule has 64 heavy (non-hydrogen) atoms. The molecule has 0 aliphatic heterocycles. The Morgan fingerprint density at radius 3 is 1.94 bits per heavy atom. The van der Waals surface area contributed by atoms with E-state index in [-0.39, 0.29) is 5.41 Å². The van der Waals surface area contributed by atoms with Crippen LogP contribution in [0.4, 0.5) is 0 Å². The third-order valence-corrected chi connectivity index (χ3v) is 13.9. The lowest BCUT2D eigenvalue weighted by Crippen LogP contribution is -2.15. The highest BCUT2D eigenvalue weighted by atomic mass is 16.3. The Balaban J connectivity index is 1.11. The molecule has 0 saturated carbocycles. The molecule has 0 saturated heterocycles. The minimum absolute atomic E-state index is 0.299. The van der Waals surface area contributed by atoms with Crippen molar-refractivity contribution >= 4 is 76.5 Å². The quantitative estimate of drug-likeness (QED) is 0.178. The number of fused-ring (bicyclic) bond motifs is 16. The van der Waals surface area contributed by atoms with Crippen LogP contribution in [0.15, 0.2) is 199 Å². The molecule has 4 heterocycles. The van der Waals surface area contributed by atoms with Crippen molar-refractivity contribution in [3.8, 4) is 45.1 Å². The average Bonchev–Trinajstić information content (AvgIpc) is 4.06. The maximum atomic E-state index is 6.20. The second kappa shape index (κ2) is 12.9. The first-order valence-corrected chi connectivity index (χ1v) is 22.0. The van der Waals surface area contributed by atoms with Crippen LogP contribution in [0.2, 0.25) is 0 Å². The van der Waals surface area contributed by atoms with Gasteiger partial charge in [-0.3, -0.25) is 4.57 Å². The molecule has 9 aromatic carbocycles. The lowest BCUT2D eigenvalue weighted by Gasteiger charge is -2.23. The Hall–Kier alpha value is -8.28. The van der Waals surface area contributed by atoms with E-state index in [2.05, 4.69) is 205 Å². The van der Waals surface area contributed by atoms with Gasteiger partial charge < -0.3 is 8.98 Å². The molecule has 0 radical (unpaired) electrons. The average molecular weight is 819 g/mol. The lowest BCUT2D eigenvalue weighted by atomic mass is 9.80. The predicted octanol–water partition coefficient (Wildman–Crippen LogP) is 15.4. The molecule has 0 fully saturated rings. The smallest absolute Gasteiger partial charge is 0.235 e. The van der Waals surface area contributed by atoms with Gasteiger partial charge in [0.15, 0.2) is 0 Å². The molecule has 0 amide bonds. The zero-order valence-electron chi connectivity index (χ0n) is 35.2. The van der Waals surface area contributed by atoms with Crippen LogP contribution in [-0.4, -0.2) is 19.1 Å². The normalized spacial score (nSPS) is 13.3. The summed E-state index contributed by atoms with van der Waals surface area (Å²) in [5.74, 6) is 0.641. The van der Waals surface area contributed by atoms with Gasteiger partial charge in [0.2, 0.25) is 5.95 Å². The Bertz CT molecular complexity index is 4110. The molecular formula is C59H38N4O. The number of nitrogens with zero attached hydrogens (tertiary/aromatic N) is 4. The fourth-order valence-corrected chi connectivity index (χ4v) is 11.1. The van der Waals surface area contributed by atoms with E-state index < -0.39 is 0 Å². The fourth-order valence-electron chi connectivity index (χ4n) is 11.1. The van der Waals surface area contributed by atoms with Gasteiger partial charge in [0.05, 0.1) is 33.3 Å². The van der Waals surface area contributed by atoms with E-state index in [9.17, 15) is 0 Å². The largest absolute Gasteiger partial charge is 0.456 e. The van der Waals surface area contributed by atoms with E-state index in [4.69, 9.17) is 14.4 Å². The summed E-state index contributed by atoms with van der Waals surface area (Å²) >= 11 is 0. The zero-order chi connectivity index (χ0) is 42.3. The van der Waals surface area contributed by atoms with Gasteiger partial charge in [-0.2, -0.15) is 0 Å². The summed E-state index contributed by atoms with van der Waals surface area (Å²) in [7, 11) is 0. The highest BCUT2D eigenvalue weighted by Crippen LogP contribution is 2.58. The van der Waals surface area contributed by atoms with Crippen molar-refractivity contribution in [2.24, 2.45) is 0 Å². The van der Waals surface area contributed by atoms with Crippen LogP contribution in [0.3, 0.4) is 0 Å². The summed E-state index contributed by atoms with van der Waals surface area (Å²) in [4.78, 5) is 11.2. The standard InChI is InChI=1S/C59H38N4O/c1-59(2)45-26-11-6-22-40(45)51-54(59)52-42-24-8-13-28-47(42)62(38-19-4-3-5-20-38)56(52)53-43-25-9-14-29-48(43)63(57(51)53)58-60-46-27-12-7-23-41(46)55(61-58)37-18-16-17-35(33-37)36-31-32-50-44(34-36)39-21-10-15-30-49(39)64-50/h3-34H,1-2H3. The maximum Gasteiger partial charge on any atom is 0.235 e. The summed E-state index contributed by atoms with van der Waals surface area (Å²) in [5, 5.41) is 8.13. The number of rotatable bonds is 4. The van der Waals surface area contributed by atoms with Gasteiger partial charge >= 0.3 is 0 Å². The highest BCUT2D eigenvalue weighted by Gasteiger charge is 2.41. The first kappa shape index (κ1) is 35.3. The van der Waals surface area contributed by atoms with E-state index in [1.165, 1.54) is 49.4 Å². The number of benzene rings is 9. The third kappa shape index (κ3) is 4.73. The third-order valence-electron chi connectivity index (χ3n) is 13.9. The van der Waals surface area contributed by atoms with E-state index in [1.54, 1.807) is 0 Å². The number of para-hydroxylation sites is 5. The van der Waals surface area contributed by atoms with Gasteiger partial charge in [0.25, 0.3) is 0 Å². The van der Waals surface area contributed by atoms with Crippen LogP contribution >= 0.6 is 0 Å². The van der Waals surface area contributed by atoms with Crippen LogP contribution in [0.5, 0.6) is 0 Å². The lowest BCUT2D eigenvalue weighted by molar-refractivity contribution is 0.667.